The van der Waals surface area contributed by atoms with Crippen molar-refractivity contribution in [2.24, 2.45) is 0 Å². The Morgan fingerprint density at radius 3 is 1.30 bits per heavy atom. The lowest BCUT2D eigenvalue weighted by Crippen LogP contribution is -2.28. The second kappa shape index (κ2) is 16.6. The van der Waals surface area contributed by atoms with Crippen LogP contribution in [0.5, 0.6) is 23.0 Å². The number of aromatic nitrogens is 3. The van der Waals surface area contributed by atoms with Crippen LogP contribution in [0.3, 0.4) is 0 Å². The molecule has 0 radical (unpaired) electrons. The zero-order valence-corrected chi connectivity index (χ0v) is 37.3. The van der Waals surface area contributed by atoms with Crippen LogP contribution in [0.4, 0.5) is 0 Å². The molecule has 69 heavy (non-hydrogen) atoms. The van der Waals surface area contributed by atoms with Crippen LogP contribution in [-0.2, 0) is 5.41 Å². The Morgan fingerprint density at radius 1 is 0.275 bits per heavy atom. The molecule has 0 saturated carbocycles. The molecule has 13 rings (SSSR count). The Hall–Kier alpha value is -9.19. The SMILES string of the molecule is c1ccc(-c2ccc(-c3nc(-c4ccc(-c5ccccc5)cc4)nc(-c4cccc(-c5ccc6c(c5)Oc5ccc7c(c5O6)-c5ccccc5C7(c5ccccc5)c5ccccc5)c4)n3)cc2)cc1. The summed E-state index contributed by atoms with van der Waals surface area (Å²) in [7, 11) is 0. The maximum absolute atomic E-state index is 6.95. The van der Waals surface area contributed by atoms with Gasteiger partial charge >= 0.3 is 0 Å². The van der Waals surface area contributed by atoms with Crippen LogP contribution >= 0.6 is 0 Å². The third-order valence-electron chi connectivity index (χ3n) is 13.5. The van der Waals surface area contributed by atoms with Crippen LogP contribution in [0.15, 0.2) is 249 Å². The zero-order chi connectivity index (χ0) is 45.7. The summed E-state index contributed by atoms with van der Waals surface area (Å²) in [6, 6.07) is 86.7. The van der Waals surface area contributed by atoms with Gasteiger partial charge in [-0.25, -0.2) is 15.0 Å². The summed E-state index contributed by atoms with van der Waals surface area (Å²) in [6.07, 6.45) is 0. The molecule has 0 saturated heterocycles. The molecule has 11 aromatic rings. The predicted octanol–water partition coefficient (Wildman–Crippen LogP) is 16.1. The predicted molar refractivity (Wildman–Crippen MR) is 276 cm³/mol. The summed E-state index contributed by atoms with van der Waals surface area (Å²) in [5, 5.41) is 0. The molecular formula is C64H41N3O2. The van der Waals surface area contributed by atoms with Crippen molar-refractivity contribution in [3.8, 4) is 102 Å². The number of benzene rings is 10. The van der Waals surface area contributed by atoms with Gasteiger partial charge in [0.25, 0.3) is 0 Å². The van der Waals surface area contributed by atoms with Crippen LogP contribution in [-0.4, -0.2) is 15.0 Å². The third-order valence-corrected chi connectivity index (χ3v) is 13.5. The van der Waals surface area contributed by atoms with Crippen LogP contribution < -0.4 is 9.47 Å². The first-order valence-electron chi connectivity index (χ1n) is 23.2. The lowest BCUT2D eigenvalue weighted by atomic mass is 9.68. The monoisotopic (exact) mass is 883 g/mol. The molecule has 0 fully saturated rings. The van der Waals surface area contributed by atoms with Crippen molar-refractivity contribution >= 4 is 0 Å². The van der Waals surface area contributed by atoms with E-state index in [9.17, 15) is 0 Å². The van der Waals surface area contributed by atoms with Gasteiger partial charge in [-0.2, -0.15) is 0 Å². The van der Waals surface area contributed by atoms with E-state index in [2.05, 4.69) is 231 Å². The average molecular weight is 884 g/mol. The molecule has 0 bridgehead atoms. The Bertz CT molecular complexity index is 3550. The third kappa shape index (κ3) is 6.90. The van der Waals surface area contributed by atoms with Crippen molar-refractivity contribution in [3.05, 3.63) is 271 Å². The second-order valence-electron chi connectivity index (χ2n) is 17.5. The smallest absolute Gasteiger partial charge is 0.178 e. The van der Waals surface area contributed by atoms with E-state index in [0.717, 1.165) is 66.9 Å². The molecule has 10 aromatic carbocycles. The van der Waals surface area contributed by atoms with Crippen LogP contribution in [0, 0.1) is 0 Å². The fourth-order valence-electron chi connectivity index (χ4n) is 10.2. The van der Waals surface area contributed by atoms with Gasteiger partial charge in [0.1, 0.15) is 0 Å². The Morgan fingerprint density at radius 2 is 0.710 bits per heavy atom. The molecule has 0 atom stereocenters. The molecule has 324 valence electrons. The van der Waals surface area contributed by atoms with E-state index in [1.54, 1.807) is 0 Å². The first-order chi connectivity index (χ1) is 34.2. The fraction of sp³-hybridized carbons (Fsp3) is 0.0156. The van der Waals surface area contributed by atoms with Crippen molar-refractivity contribution in [2.75, 3.05) is 0 Å². The molecule has 5 nitrogen and oxygen atoms in total. The van der Waals surface area contributed by atoms with Crippen molar-refractivity contribution in [1.82, 2.24) is 15.0 Å². The summed E-state index contributed by atoms with van der Waals surface area (Å²) < 4.78 is 13.8. The molecule has 1 aliphatic heterocycles. The normalized spacial score (nSPS) is 12.7. The van der Waals surface area contributed by atoms with Crippen LogP contribution in [0.1, 0.15) is 22.3 Å². The quantitative estimate of drug-likeness (QED) is 0.152. The lowest BCUT2D eigenvalue weighted by Gasteiger charge is -2.34. The largest absolute Gasteiger partial charge is 0.449 e. The summed E-state index contributed by atoms with van der Waals surface area (Å²) in [6.45, 7) is 0. The van der Waals surface area contributed by atoms with Crippen molar-refractivity contribution < 1.29 is 9.47 Å². The van der Waals surface area contributed by atoms with Gasteiger partial charge in [-0.3, -0.25) is 0 Å². The first kappa shape index (κ1) is 40.1. The summed E-state index contributed by atoms with van der Waals surface area (Å²) in [5.74, 6) is 4.50. The Kier molecular flexibility index (Phi) is 9.65. The summed E-state index contributed by atoms with van der Waals surface area (Å²) in [5.41, 5.74) is 15.6. The van der Waals surface area contributed by atoms with E-state index < -0.39 is 5.41 Å². The minimum atomic E-state index is -0.540. The molecule has 0 N–H and O–H groups in total. The molecule has 5 heteroatoms. The highest BCUT2D eigenvalue weighted by Gasteiger charge is 2.48. The van der Waals surface area contributed by atoms with E-state index in [4.69, 9.17) is 24.4 Å². The van der Waals surface area contributed by atoms with E-state index in [1.165, 1.54) is 22.3 Å². The fourth-order valence-corrected chi connectivity index (χ4v) is 10.2. The highest BCUT2D eigenvalue weighted by molar-refractivity contribution is 5.92. The molecule has 1 aromatic heterocycles. The number of hydrogen-bond acceptors (Lipinski definition) is 5. The number of rotatable bonds is 8. The van der Waals surface area contributed by atoms with Gasteiger partial charge in [-0.1, -0.05) is 224 Å². The minimum absolute atomic E-state index is 0.540. The van der Waals surface area contributed by atoms with E-state index in [1.807, 2.05) is 18.2 Å². The topological polar surface area (TPSA) is 57.1 Å². The summed E-state index contributed by atoms with van der Waals surface area (Å²) >= 11 is 0. The van der Waals surface area contributed by atoms with Gasteiger partial charge in [0.2, 0.25) is 0 Å². The highest BCUT2D eigenvalue weighted by atomic mass is 16.6. The first-order valence-corrected chi connectivity index (χ1v) is 23.2. The van der Waals surface area contributed by atoms with Gasteiger partial charge in [0.05, 0.1) is 5.41 Å². The van der Waals surface area contributed by atoms with E-state index in [0.29, 0.717) is 34.7 Å². The standard InChI is InChI=1S/C64H41N3O2/c1-5-16-42(17-6-1)44-28-32-46(33-29-44)61-65-62(47-34-30-45(31-35-47)43-18-7-2-8-19-43)67-63(66-61)50-21-15-20-48(40-50)49-36-38-56-58(41-49)68-57-39-37-55-59(60(57)69-56)53-26-13-14-27-54(53)64(55,51-22-9-3-10-23-51)52-24-11-4-12-25-52/h1-41H. The zero-order valence-electron chi connectivity index (χ0n) is 37.3. The number of hydrogen-bond donors (Lipinski definition) is 0. The average Bonchev–Trinajstić information content (AvgIpc) is 3.75. The van der Waals surface area contributed by atoms with Crippen LogP contribution in [0.25, 0.3) is 78.7 Å². The van der Waals surface area contributed by atoms with Gasteiger partial charge in [0.15, 0.2) is 40.5 Å². The van der Waals surface area contributed by atoms with Crippen molar-refractivity contribution in [3.63, 3.8) is 0 Å². The molecule has 0 amide bonds. The number of fused-ring (bicyclic) bond motifs is 6. The molecular weight excluding hydrogens is 843 g/mol. The number of nitrogens with zero attached hydrogens (tertiary/aromatic N) is 3. The molecule has 0 spiro atoms. The molecule has 2 aliphatic rings. The minimum Gasteiger partial charge on any atom is -0.449 e. The Labute approximate surface area is 400 Å². The second-order valence-corrected chi connectivity index (χ2v) is 17.5. The van der Waals surface area contributed by atoms with Gasteiger partial charge in [-0.15, -0.1) is 0 Å². The summed E-state index contributed by atoms with van der Waals surface area (Å²) in [4.78, 5) is 15.3. The maximum Gasteiger partial charge on any atom is 0.178 e. The van der Waals surface area contributed by atoms with Crippen molar-refractivity contribution in [2.45, 2.75) is 5.41 Å². The van der Waals surface area contributed by atoms with Gasteiger partial charge in [0, 0.05) is 22.3 Å². The molecule has 2 heterocycles. The van der Waals surface area contributed by atoms with Gasteiger partial charge < -0.3 is 9.47 Å². The molecule has 0 unspecified atom stereocenters. The Balaban J connectivity index is 0.863. The highest BCUT2D eigenvalue weighted by Crippen LogP contribution is 2.62. The van der Waals surface area contributed by atoms with E-state index in [-0.39, 0.29) is 0 Å². The van der Waals surface area contributed by atoms with Crippen LogP contribution in [0.2, 0.25) is 0 Å². The van der Waals surface area contributed by atoms with E-state index >= 15 is 0 Å². The number of ether oxygens (including phenoxy) is 2. The lowest BCUT2D eigenvalue weighted by molar-refractivity contribution is 0.360. The van der Waals surface area contributed by atoms with Crippen molar-refractivity contribution in [1.29, 1.82) is 0 Å². The van der Waals surface area contributed by atoms with Gasteiger partial charge in [-0.05, 0) is 85.5 Å². The molecule has 1 aliphatic carbocycles. The maximum atomic E-state index is 6.95.